The Morgan fingerprint density at radius 3 is 2.32 bits per heavy atom. The van der Waals surface area contributed by atoms with Crippen LogP contribution in [0.3, 0.4) is 0 Å². The van der Waals surface area contributed by atoms with Crippen LogP contribution in [0.5, 0.6) is 5.75 Å². The lowest BCUT2D eigenvalue weighted by Gasteiger charge is -2.27. The molecule has 0 saturated carbocycles. The molecule has 0 aromatic heterocycles. The van der Waals surface area contributed by atoms with Gasteiger partial charge >= 0.3 is 0 Å². The molecule has 3 nitrogen and oxygen atoms in total. The monoisotopic (exact) mass is 264 g/mol. The second kappa shape index (κ2) is 8.94. The van der Waals surface area contributed by atoms with Gasteiger partial charge in [0.15, 0.2) is 0 Å². The first kappa shape index (κ1) is 16.0. The number of para-hydroxylation sites is 1. The van der Waals surface area contributed by atoms with E-state index in [1.54, 1.807) is 7.11 Å². The molecule has 0 amide bonds. The molecule has 1 rings (SSSR count). The Labute approximate surface area is 117 Å². The van der Waals surface area contributed by atoms with E-state index in [1.165, 1.54) is 18.4 Å². The van der Waals surface area contributed by atoms with Crippen molar-refractivity contribution in [2.75, 3.05) is 33.3 Å². The molecule has 1 unspecified atom stereocenters. The van der Waals surface area contributed by atoms with E-state index >= 15 is 0 Å². The van der Waals surface area contributed by atoms with Gasteiger partial charge in [-0.25, -0.2) is 0 Å². The maximum atomic E-state index is 5.99. The van der Waals surface area contributed by atoms with Crippen molar-refractivity contribution in [2.45, 2.75) is 32.6 Å². The molecule has 19 heavy (non-hydrogen) atoms. The Morgan fingerprint density at radius 1 is 1.16 bits per heavy atom. The Morgan fingerprint density at radius 2 is 1.79 bits per heavy atom. The number of rotatable bonds is 9. The third kappa shape index (κ3) is 4.84. The predicted molar refractivity (Wildman–Crippen MR) is 81.8 cm³/mol. The largest absolute Gasteiger partial charge is 0.496 e. The quantitative estimate of drug-likeness (QED) is 0.745. The summed E-state index contributed by atoms with van der Waals surface area (Å²) in [7, 11) is 1.72. The van der Waals surface area contributed by atoms with Crippen LogP contribution in [0.15, 0.2) is 24.3 Å². The molecule has 1 atom stereocenters. The number of hydrogen-bond acceptors (Lipinski definition) is 3. The number of methoxy groups -OCH3 is 1. The van der Waals surface area contributed by atoms with Crippen molar-refractivity contribution < 1.29 is 4.74 Å². The zero-order chi connectivity index (χ0) is 14.1. The second-order valence-corrected chi connectivity index (χ2v) is 4.98. The molecule has 0 radical (unpaired) electrons. The molecular weight excluding hydrogens is 236 g/mol. The molecule has 0 spiro atoms. The van der Waals surface area contributed by atoms with E-state index < -0.39 is 0 Å². The van der Waals surface area contributed by atoms with Crippen LogP contribution in [0.1, 0.15) is 38.2 Å². The predicted octanol–water partition coefficient (Wildman–Crippen LogP) is 2.86. The average Bonchev–Trinajstić information content (AvgIpc) is 2.45. The topological polar surface area (TPSA) is 38.5 Å². The van der Waals surface area contributed by atoms with E-state index in [4.69, 9.17) is 10.5 Å². The van der Waals surface area contributed by atoms with Crippen LogP contribution in [0.2, 0.25) is 0 Å². The second-order valence-electron chi connectivity index (χ2n) is 4.98. The van der Waals surface area contributed by atoms with Gasteiger partial charge in [-0.15, -0.1) is 0 Å². The SMILES string of the molecule is CCCN(CCC)CC(CN)c1ccccc1OC. The Balaban J connectivity index is 2.80. The highest BCUT2D eigenvalue weighted by molar-refractivity contribution is 5.36. The van der Waals surface area contributed by atoms with Crippen LogP contribution >= 0.6 is 0 Å². The summed E-state index contributed by atoms with van der Waals surface area (Å²) in [6.45, 7) is 8.40. The zero-order valence-corrected chi connectivity index (χ0v) is 12.6. The van der Waals surface area contributed by atoms with Crippen LogP contribution in [-0.4, -0.2) is 38.2 Å². The van der Waals surface area contributed by atoms with Crippen molar-refractivity contribution in [3.8, 4) is 5.75 Å². The summed E-state index contributed by atoms with van der Waals surface area (Å²) in [5.74, 6) is 1.29. The van der Waals surface area contributed by atoms with E-state index in [0.717, 1.165) is 25.4 Å². The molecule has 108 valence electrons. The summed E-state index contributed by atoms with van der Waals surface area (Å²) in [5.41, 5.74) is 7.21. The highest BCUT2D eigenvalue weighted by Crippen LogP contribution is 2.26. The number of nitrogens with zero attached hydrogens (tertiary/aromatic N) is 1. The molecular formula is C16H28N2O. The number of ether oxygens (including phenoxy) is 1. The van der Waals surface area contributed by atoms with Gasteiger partial charge in [0.05, 0.1) is 7.11 Å². The molecule has 1 aromatic rings. The maximum absolute atomic E-state index is 5.99. The van der Waals surface area contributed by atoms with Crippen LogP contribution < -0.4 is 10.5 Å². The minimum absolute atomic E-state index is 0.342. The molecule has 0 bridgehead atoms. The van der Waals surface area contributed by atoms with E-state index in [2.05, 4.69) is 30.9 Å². The number of nitrogens with two attached hydrogens (primary N) is 1. The highest BCUT2D eigenvalue weighted by atomic mass is 16.5. The third-order valence-corrected chi connectivity index (χ3v) is 3.42. The summed E-state index contributed by atoms with van der Waals surface area (Å²) in [4.78, 5) is 2.50. The fraction of sp³-hybridized carbons (Fsp3) is 0.625. The summed E-state index contributed by atoms with van der Waals surface area (Å²) < 4.78 is 5.46. The van der Waals surface area contributed by atoms with Crippen molar-refractivity contribution in [3.05, 3.63) is 29.8 Å². The first-order valence-electron chi connectivity index (χ1n) is 7.32. The molecule has 0 saturated heterocycles. The van der Waals surface area contributed by atoms with Gasteiger partial charge in [-0.05, 0) is 37.6 Å². The van der Waals surface area contributed by atoms with Crippen LogP contribution in [0.4, 0.5) is 0 Å². The van der Waals surface area contributed by atoms with Crippen molar-refractivity contribution in [1.82, 2.24) is 4.90 Å². The lowest BCUT2D eigenvalue weighted by molar-refractivity contribution is 0.256. The van der Waals surface area contributed by atoms with Crippen molar-refractivity contribution in [1.29, 1.82) is 0 Å². The van der Waals surface area contributed by atoms with Gasteiger partial charge in [-0.1, -0.05) is 32.0 Å². The third-order valence-electron chi connectivity index (χ3n) is 3.42. The summed E-state index contributed by atoms with van der Waals surface area (Å²) in [6, 6.07) is 8.21. The molecule has 2 N–H and O–H groups in total. The molecule has 0 fully saturated rings. The van der Waals surface area contributed by atoms with Crippen LogP contribution in [0.25, 0.3) is 0 Å². The van der Waals surface area contributed by atoms with Crippen LogP contribution in [-0.2, 0) is 0 Å². The van der Waals surface area contributed by atoms with Gasteiger partial charge in [-0.2, -0.15) is 0 Å². The van der Waals surface area contributed by atoms with Gasteiger partial charge in [0.2, 0.25) is 0 Å². The first-order chi connectivity index (χ1) is 9.26. The minimum atomic E-state index is 0.342. The maximum Gasteiger partial charge on any atom is 0.122 e. The van der Waals surface area contributed by atoms with Gasteiger partial charge in [0.25, 0.3) is 0 Å². The molecule has 0 aliphatic heterocycles. The lowest BCUT2D eigenvalue weighted by atomic mass is 9.97. The van der Waals surface area contributed by atoms with Gasteiger partial charge in [0.1, 0.15) is 5.75 Å². The minimum Gasteiger partial charge on any atom is -0.496 e. The van der Waals surface area contributed by atoms with Gasteiger partial charge < -0.3 is 15.4 Å². The number of hydrogen-bond donors (Lipinski definition) is 1. The molecule has 0 heterocycles. The Bertz CT molecular complexity index is 348. The molecule has 0 aliphatic carbocycles. The summed E-state index contributed by atoms with van der Waals surface area (Å²) >= 11 is 0. The average molecular weight is 264 g/mol. The lowest BCUT2D eigenvalue weighted by Crippen LogP contribution is -2.33. The zero-order valence-electron chi connectivity index (χ0n) is 12.6. The highest BCUT2D eigenvalue weighted by Gasteiger charge is 2.17. The first-order valence-corrected chi connectivity index (χ1v) is 7.32. The van der Waals surface area contributed by atoms with E-state index in [-0.39, 0.29) is 0 Å². The number of benzene rings is 1. The van der Waals surface area contributed by atoms with E-state index in [0.29, 0.717) is 12.5 Å². The fourth-order valence-corrected chi connectivity index (χ4v) is 2.54. The summed E-state index contributed by atoms with van der Waals surface area (Å²) in [6.07, 6.45) is 2.37. The van der Waals surface area contributed by atoms with Crippen molar-refractivity contribution in [3.63, 3.8) is 0 Å². The van der Waals surface area contributed by atoms with E-state index in [1.807, 2.05) is 12.1 Å². The Kier molecular flexibility index (Phi) is 7.53. The molecule has 0 aliphatic rings. The summed E-state index contributed by atoms with van der Waals surface area (Å²) in [5, 5.41) is 0. The normalized spacial score (nSPS) is 12.7. The fourth-order valence-electron chi connectivity index (χ4n) is 2.54. The van der Waals surface area contributed by atoms with E-state index in [9.17, 15) is 0 Å². The molecule has 3 heteroatoms. The standard InChI is InChI=1S/C16H28N2O/c1-4-10-18(11-5-2)13-14(12-17)15-8-6-7-9-16(15)19-3/h6-9,14H,4-5,10-13,17H2,1-3H3. The smallest absolute Gasteiger partial charge is 0.122 e. The van der Waals surface area contributed by atoms with Crippen LogP contribution in [0, 0.1) is 0 Å². The van der Waals surface area contributed by atoms with Gasteiger partial charge in [0, 0.05) is 19.0 Å². The molecule has 1 aromatic carbocycles. The van der Waals surface area contributed by atoms with Crippen molar-refractivity contribution in [2.24, 2.45) is 5.73 Å². The van der Waals surface area contributed by atoms with Gasteiger partial charge in [-0.3, -0.25) is 0 Å². The Hall–Kier alpha value is -1.06. The van der Waals surface area contributed by atoms with Crippen molar-refractivity contribution >= 4 is 0 Å².